The maximum Gasteiger partial charge on any atom is 0.243 e. The summed E-state index contributed by atoms with van der Waals surface area (Å²) in [5.41, 5.74) is 1.59. The predicted octanol–water partition coefficient (Wildman–Crippen LogP) is 2.14. The Labute approximate surface area is 119 Å². The van der Waals surface area contributed by atoms with Crippen LogP contribution in [0.2, 0.25) is 0 Å². The molecular weight excluding hydrogens is 286 g/mol. The number of benzene rings is 1. The lowest BCUT2D eigenvalue weighted by molar-refractivity contribution is 0.148. The van der Waals surface area contributed by atoms with Crippen molar-refractivity contribution in [2.45, 2.75) is 24.1 Å². The van der Waals surface area contributed by atoms with E-state index in [2.05, 4.69) is 0 Å². The molecule has 0 saturated carbocycles. The Morgan fingerprint density at radius 3 is 2.84 bits per heavy atom. The molecule has 0 N–H and O–H groups in total. The molecule has 6 heteroatoms. The number of sulfonamides is 1. The molecule has 0 amide bonds. The predicted molar refractivity (Wildman–Crippen MR) is 74.9 cm³/mol. The van der Waals surface area contributed by atoms with Gasteiger partial charge in [-0.05, 0) is 30.5 Å². The number of hydrogen-bond donors (Lipinski definition) is 0. The molecule has 106 valence electrons. The molecule has 1 saturated heterocycles. The minimum Gasteiger partial charge on any atom is -0.380 e. The van der Waals surface area contributed by atoms with Gasteiger partial charge in [0, 0.05) is 25.6 Å². The van der Waals surface area contributed by atoms with E-state index >= 15 is 0 Å². The van der Waals surface area contributed by atoms with Crippen LogP contribution in [0.25, 0.3) is 0 Å². The summed E-state index contributed by atoms with van der Waals surface area (Å²) in [6.07, 6.45) is 0.730. The summed E-state index contributed by atoms with van der Waals surface area (Å²) in [5, 5.41) is 0. The third-order valence-electron chi connectivity index (χ3n) is 3.34. The van der Waals surface area contributed by atoms with Crippen LogP contribution < -0.4 is 0 Å². The van der Waals surface area contributed by atoms with Gasteiger partial charge in [-0.25, -0.2) is 8.42 Å². The first-order chi connectivity index (χ1) is 9.07. The quantitative estimate of drug-likeness (QED) is 0.804. The van der Waals surface area contributed by atoms with Crippen LogP contribution in [0, 0.1) is 6.92 Å². The normalized spacial score (nSPS) is 18.2. The first-order valence-electron chi connectivity index (χ1n) is 6.29. The molecule has 0 spiro atoms. The van der Waals surface area contributed by atoms with Gasteiger partial charge in [0.15, 0.2) is 0 Å². The van der Waals surface area contributed by atoms with Gasteiger partial charge in [-0.2, -0.15) is 4.31 Å². The maximum absolute atomic E-state index is 12.7. The fourth-order valence-corrected chi connectivity index (χ4v) is 4.21. The van der Waals surface area contributed by atoms with Crippen LogP contribution in [0.15, 0.2) is 23.1 Å². The van der Waals surface area contributed by atoms with Crippen molar-refractivity contribution in [2.75, 3.05) is 26.3 Å². The Morgan fingerprint density at radius 1 is 1.32 bits per heavy atom. The lowest BCUT2D eigenvalue weighted by atomic mass is 10.1. The molecule has 1 aliphatic heterocycles. The van der Waals surface area contributed by atoms with Crippen LogP contribution >= 0.6 is 11.6 Å². The number of alkyl halides is 1. The fraction of sp³-hybridized carbons (Fsp3) is 0.538. The molecule has 0 unspecified atom stereocenters. The Balaban J connectivity index is 2.38. The van der Waals surface area contributed by atoms with Crippen LogP contribution in [-0.4, -0.2) is 39.0 Å². The highest BCUT2D eigenvalue weighted by molar-refractivity contribution is 7.89. The molecule has 1 heterocycles. The van der Waals surface area contributed by atoms with Crippen molar-refractivity contribution in [1.29, 1.82) is 0 Å². The Hall–Kier alpha value is -0.620. The topological polar surface area (TPSA) is 46.6 Å². The number of ether oxygens (including phenoxy) is 1. The third kappa shape index (κ3) is 3.11. The zero-order valence-corrected chi connectivity index (χ0v) is 12.5. The molecule has 1 aromatic rings. The van der Waals surface area contributed by atoms with E-state index in [0.29, 0.717) is 37.1 Å². The van der Waals surface area contributed by atoms with E-state index in [4.69, 9.17) is 16.3 Å². The van der Waals surface area contributed by atoms with Crippen molar-refractivity contribution < 1.29 is 13.2 Å². The minimum absolute atomic E-state index is 0.318. The second-order valence-corrected chi connectivity index (χ2v) is 6.72. The number of rotatable bonds is 3. The van der Waals surface area contributed by atoms with E-state index < -0.39 is 10.0 Å². The van der Waals surface area contributed by atoms with E-state index in [9.17, 15) is 8.42 Å². The molecule has 0 radical (unpaired) electrons. The van der Waals surface area contributed by atoms with Gasteiger partial charge in [0.05, 0.1) is 11.5 Å². The summed E-state index contributed by atoms with van der Waals surface area (Å²) in [6, 6.07) is 5.24. The van der Waals surface area contributed by atoms with Gasteiger partial charge in [0.25, 0.3) is 0 Å². The van der Waals surface area contributed by atoms with Crippen molar-refractivity contribution in [3.63, 3.8) is 0 Å². The maximum atomic E-state index is 12.7. The largest absolute Gasteiger partial charge is 0.380 e. The lowest BCUT2D eigenvalue weighted by Crippen LogP contribution is -2.33. The fourth-order valence-electron chi connectivity index (χ4n) is 2.19. The highest BCUT2D eigenvalue weighted by Gasteiger charge is 2.27. The van der Waals surface area contributed by atoms with E-state index in [0.717, 1.165) is 17.5 Å². The monoisotopic (exact) mass is 303 g/mol. The van der Waals surface area contributed by atoms with Crippen molar-refractivity contribution >= 4 is 21.6 Å². The average Bonchev–Trinajstić information content (AvgIpc) is 2.68. The Bertz CT molecular complexity index is 537. The molecule has 19 heavy (non-hydrogen) atoms. The third-order valence-corrected chi connectivity index (χ3v) is 5.67. The average molecular weight is 304 g/mol. The standard InChI is InChI=1S/C13H18ClNO3S/c1-11-12(10-14)4-2-5-13(11)19(16,17)15-6-3-8-18-9-7-15/h2,4-5H,3,6-10H2,1H3. The van der Waals surface area contributed by atoms with Gasteiger partial charge in [-0.1, -0.05) is 12.1 Å². The molecule has 1 aliphatic rings. The second kappa shape index (κ2) is 6.22. The molecule has 1 fully saturated rings. The molecule has 2 rings (SSSR count). The number of hydrogen-bond acceptors (Lipinski definition) is 3. The van der Waals surface area contributed by atoms with Crippen LogP contribution in [0.5, 0.6) is 0 Å². The summed E-state index contributed by atoms with van der Waals surface area (Å²) >= 11 is 5.84. The number of halogens is 1. The zero-order valence-electron chi connectivity index (χ0n) is 10.9. The summed E-state index contributed by atoms with van der Waals surface area (Å²) in [6.45, 7) is 3.79. The van der Waals surface area contributed by atoms with E-state index in [1.165, 1.54) is 4.31 Å². The Kier molecular flexibility index (Phi) is 4.84. The lowest BCUT2D eigenvalue weighted by Gasteiger charge is -2.21. The van der Waals surface area contributed by atoms with E-state index in [-0.39, 0.29) is 0 Å². The number of nitrogens with zero attached hydrogens (tertiary/aromatic N) is 1. The summed E-state index contributed by atoms with van der Waals surface area (Å²) in [7, 11) is -3.45. The molecular formula is C13H18ClNO3S. The van der Waals surface area contributed by atoms with Gasteiger partial charge in [0.1, 0.15) is 0 Å². The first kappa shape index (κ1) is 14.8. The highest BCUT2D eigenvalue weighted by Crippen LogP contribution is 2.24. The van der Waals surface area contributed by atoms with E-state index in [1.807, 2.05) is 6.07 Å². The smallest absolute Gasteiger partial charge is 0.243 e. The van der Waals surface area contributed by atoms with Gasteiger partial charge in [0.2, 0.25) is 10.0 Å². The first-order valence-corrected chi connectivity index (χ1v) is 8.27. The van der Waals surface area contributed by atoms with Crippen molar-refractivity contribution in [1.82, 2.24) is 4.31 Å². The molecule has 4 nitrogen and oxygen atoms in total. The second-order valence-electron chi connectivity index (χ2n) is 4.54. The SMILES string of the molecule is Cc1c(CCl)cccc1S(=O)(=O)N1CCCOCC1. The summed E-state index contributed by atoms with van der Waals surface area (Å²) in [4.78, 5) is 0.354. The van der Waals surface area contributed by atoms with Crippen LogP contribution in [0.4, 0.5) is 0 Å². The van der Waals surface area contributed by atoms with Gasteiger partial charge < -0.3 is 4.74 Å². The molecule has 0 atom stereocenters. The van der Waals surface area contributed by atoms with Gasteiger partial charge >= 0.3 is 0 Å². The highest BCUT2D eigenvalue weighted by atomic mass is 35.5. The zero-order chi connectivity index (χ0) is 13.9. The van der Waals surface area contributed by atoms with Crippen LogP contribution in [0.3, 0.4) is 0 Å². The van der Waals surface area contributed by atoms with Crippen molar-refractivity contribution in [3.8, 4) is 0 Å². The van der Waals surface area contributed by atoms with Crippen LogP contribution in [0.1, 0.15) is 17.5 Å². The van der Waals surface area contributed by atoms with Gasteiger partial charge in [-0.3, -0.25) is 0 Å². The molecule has 0 bridgehead atoms. The molecule has 1 aromatic carbocycles. The van der Waals surface area contributed by atoms with Crippen molar-refractivity contribution in [2.24, 2.45) is 0 Å². The Morgan fingerprint density at radius 2 is 2.11 bits per heavy atom. The van der Waals surface area contributed by atoms with Crippen LogP contribution in [-0.2, 0) is 20.6 Å². The molecule has 0 aliphatic carbocycles. The minimum atomic E-state index is -3.45. The summed E-state index contributed by atoms with van der Waals surface area (Å²) in [5.74, 6) is 0.318. The van der Waals surface area contributed by atoms with Crippen molar-refractivity contribution in [3.05, 3.63) is 29.3 Å². The van der Waals surface area contributed by atoms with E-state index in [1.54, 1.807) is 19.1 Å². The molecule has 0 aromatic heterocycles. The van der Waals surface area contributed by atoms with Gasteiger partial charge in [-0.15, -0.1) is 11.6 Å². The summed E-state index contributed by atoms with van der Waals surface area (Å²) < 4.78 is 32.1.